The summed E-state index contributed by atoms with van der Waals surface area (Å²) in [7, 11) is 1.44. The number of esters is 1. The average Bonchev–Trinajstić information content (AvgIpc) is 3.02. The van der Waals surface area contributed by atoms with Gasteiger partial charge >= 0.3 is 5.97 Å². The molecule has 0 fully saturated rings. The van der Waals surface area contributed by atoms with E-state index in [1.165, 1.54) is 12.1 Å². The van der Waals surface area contributed by atoms with Crippen molar-refractivity contribution in [2.24, 2.45) is 5.10 Å². The zero-order chi connectivity index (χ0) is 23.4. The quantitative estimate of drug-likeness (QED) is 0.378. The highest BCUT2D eigenvalue weighted by Gasteiger charge is 2.30. The van der Waals surface area contributed by atoms with E-state index in [1.807, 2.05) is 0 Å². The van der Waals surface area contributed by atoms with Crippen molar-refractivity contribution in [2.45, 2.75) is 13.8 Å². The SMILES string of the molecule is CCOC(=O)COc1c(Cl)cc(/C=C2/C(=O)N(c3cc(Cl)ccc3Cl)N=C2C)cc1OC. The first-order valence-electron chi connectivity index (χ1n) is 9.47. The van der Waals surface area contributed by atoms with Crippen LogP contribution in [-0.4, -0.2) is 37.9 Å². The van der Waals surface area contributed by atoms with Gasteiger partial charge in [-0.15, -0.1) is 0 Å². The van der Waals surface area contributed by atoms with E-state index >= 15 is 0 Å². The molecule has 2 aromatic rings. The highest BCUT2D eigenvalue weighted by Crippen LogP contribution is 2.38. The fourth-order valence-electron chi connectivity index (χ4n) is 2.96. The number of benzene rings is 2. The third-order valence-electron chi connectivity index (χ3n) is 4.40. The molecule has 0 N–H and O–H groups in total. The fraction of sp³-hybridized carbons (Fsp3) is 0.227. The number of carbonyl (C=O) groups excluding carboxylic acids is 2. The van der Waals surface area contributed by atoms with Gasteiger partial charge in [0.05, 0.1) is 40.7 Å². The second-order valence-corrected chi connectivity index (χ2v) is 7.83. The highest BCUT2D eigenvalue weighted by molar-refractivity contribution is 6.38. The van der Waals surface area contributed by atoms with Crippen LogP contribution in [0.1, 0.15) is 19.4 Å². The van der Waals surface area contributed by atoms with Gasteiger partial charge in [-0.1, -0.05) is 34.8 Å². The average molecular weight is 498 g/mol. The number of hydrogen-bond acceptors (Lipinski definition) is 6. The molecule has 1 aliphatic heterocycles. The summed E-state index contributed by atoms with van der Waals surface area (Å²) >= 11 is 18.6. The summed E-state index contributed by atoms with van der Waals surface area (Å²) in [5.74, 6) is -0.410. The van der Waals surface area contributed by atoms with Gasteiger partial charge in [-0.25, -0.2) is 4.79 Å². The molecule has 0 unspecified atom stereocenters. The molecule has 7 nitrogen and oxygen atoms in total. The van der Waals surface area contributed by atoms with Crippen molar-refractivity contribution in [1.29, 1.82) is 0 Å². The van der Waals surface area contributed by atoms with E-state index in [2.05, 4.69) is 5.10 Å². The maximum atomic E-state index is 13.0. The lowest BCUT2D eigenvalue weighted by molar-refractivity contribution is -0.145. The molecule has 0 aliphatic carbocycles. The Hall–Kier alpha value is -2.74. The minimum Gasteiger partial charge on any atom is -0.493 e. The standard InChI is InChI=1S/C22H19Cl3N2O5/c1-4-31-20(28)11-32-21-17(25)8-13(9-19(21)30-3)7-15-12(2)26-27(22(15)29)18-10-14(23)5-6-16(18)24/h5-10H,4,11H2,1-3H3/b15-7+. The Morgan fingerprint density at radius 2 is 1.91 bits per heavy atom. The molecular formula is C22H19Cl3N2O5. The second-order valence-electron chi connectivity index (χ2n) is 6.58. The Kier molecular flexibility index (Phi) is 7.66. The molecule has 0 saturated carbocycles. The molecule has 3 rings (SSSR count). The first kappa shape index (κ1) is 23.9. The van der Waals surface area contributed by atoms with Crippen LogP contribution in [0.3, 0.4) is 0 Å². The number of ether oxygens (including phenoxy) is 3. The lowest BCUT2D eigenvalue weighted by Gasteiger charge is -2.14. The molecule has 1 amide bonds. The third-order valence-corrected chi connectivity index (χ3v) is 5.24. The van der Waals surface area contributed by atoms with Crippen LogP contribution >= 0.6 is 34.8 Å². The van der Waals surface area contributed by atoms with E-state index < -0.39 is 5.97 Å². The fourth-order valence-corrected chi connectivity index (χ4v) is 3.60. The zero-order valence-corrected chi connectivity index (χ0v) is 19.7. The van der Waals surface area contributed by atoms with Crippen LogP contribution in [0, 0.1) is 0 Å². The molecule has 1 aliphatic rings. The van der Waals surface area contributed by atoms with Crippen molar-refractivity contribution in [3.05, 3.63) is 56.5 Å². The summed E-state index contributed by atoms with van der Waals surface area (Å²) in [5.41, 5.74) is 1.79. The van der Waals surface area contributed by atoms with Gasteiger partial charge < -0.3 is 14.2 Å². The number of anilines is 1. The molecular weight excluding hydrogens is 479 g/mol. The van der Waals surface area contributed by atoms with E-state index in [0.717, 1.165) is 0 Å². The molecule has 0 bridgehead atoms. The summed E-state index contributed by atoms with van der Waals surface area (Å²) in [4.78, 5) is 24.6. The van der Waals surface area contributed by atoms with Crippen LogP contribution in [0.5, 0.6) is 11.5 Å². The van der Waals surface area contributed by atoms with E-state index in [1.54, 1.807) is 50.3 Å². The Morgan fingerprint density at radius 3 is 2.59 bits per heavy atom. The van der Waals surface area contributed by atoms with Crippen LogP contribution in [-0.2, 0) is 14.3 Å². The lowest BCUT2D eigenvalue weighted by atomic mass is 10.1. The smallest absolute Gasteiger partial charge is 0.344 e. The summed E-state index contributed by atoms with van der Waals surface area (Å²) in [5, 5.41) is 6.49. The normalized spacial score (nSPS) is 14.6. The van der Waals surface area contributed by atoms with Gasteiger partial charge in [0.2, 0.25) is 0 Å². The molecule has 1 heterocycles. The van der Waals surface area contributed by atoms with Crippen LogP contribution in [0.15, 0.2) is 41.0 Å². The van der Waals surface area contributed by atoms with E-state index in [0.29, 0.717) is 38.3 Å². The molecule has 168 valence electrons. The number of hydrazone groups is 1. The van der Waals surface area contributed by atoms with Gasteiger partial charge in [0.15, 0.2) is 18.1 Å². The number of nitrogens with zero attached hydrogens (tertiary/aromatic N) is 2. The minimum absolute atomic E-state index is 0.194. The number of amides is 1. The van der Waals surface area contributed by atoms with Gasteiger partial charge in [0.25, 0.3) is 5.91 Å². The van der Waals surface area contributed by atoms with Crippen LogP contribution in [0.2, 0.25) is 15.1 Å². The Morgan fingerprint density at radius 1 is 1.16 bits per heavy atom. The Labute approximate surface area is 200 Å². The first-order valence-corrected chi connectivity index (χ1v) is 10.6. The highest BCUT2D eigenvalue weighted by atomic mass is 35.5. The van der Waals surface area contributed by atoms with Gasteiger partial charge in [0, 0.05) is 5.02 Å². The molecule has 10 heteroatoms. The monoisotopic (exact) mass is 496 g/mol. The van der Waals surface area contributed by atoms with Crippen LogP contribution in [0.25, 0.3) is 6.08 Å². The summed E-state index contributed by atoms with van der Waals surface area (Å²) in [6, 6.07) is 8.01. The van der Waals surface area contributed by atoms with Crippen LogP contribution < -0.4 is 14.5 Å². The summed E-state index contributed by atoms with van der Waals surface area (Å²) < 4.78 is 15.7. The number of halogens is 3. The number of hydrogen-bond donors (Lipinski definition) is 0. The molecule has 2 aromatic carbocycles. The molecule has 0 saturated heterocycles. The van der Waals surface area contributed by atoms with Crippen molar-refractivity contribution in [1.82, 2.24) is 0 Å². The largest absolute Gasteiger partial charge is 0.493 e. The third kappa shape index (κ3) is 5.18. The maximum absolute atomic E-state index is 13.0. The van der Waals surface area contributed by atoms with Crippen molar-refractivity contribution in [3.8, 4) is 11.5 Å². The molecule has 32 heavy (non-hydrogen) atoms. The van der Waals surface area contributed by atoms with Gasteiger partial charge in [0.1, 0.15) is 0 Å². The lowest BCUT2D eigenvalue weighted by Crippen LogP contribution is -2.21. The molecule has 0 radical (unpaired) electrons. The van der Waals surface area contributed by atoms with Gasteiger partial charge in [-0.05, 0) is 55.8 Å². The number of rotatable bonds is 7. The second kappa shape index (κ2) is 10.3. The van der Waals surface area contributed by atoms with Crippen LogP contribution in [0.4, 0.5) is 5.69 Å². The first-order chi connectivity index (χ1) is 15.2. The van der Waals surface area contributed by atoms with Gasteiger partial charge in [-0.2, -0.15) is 10.1 Å². The Bertz CT molecular complexity index is 1130. The van der Waals surface area contributed by atoms with Crippen molar-refractivity contribution in [3.63, 3.8) is 0 Å². The molecule has 0 aromatic heterocycles. The topological polar surface area (TPSA) is 77.4 Å². The number of methoxy groups -OCH3 is 1. The summed E-state index contributed by atoms with van der Waals surface area (Å²) in [6.45, 7) is 3.33. The van der Waals surface area contributed by atoms with Crippen molar-refractivity contribution in [2.75, 3.05) is 25.3 Å². The van der Waals surface area contributed by atoms with Crippen molar-refractivity contribution < 1.29 is 23.8 Å². The minimum atomic E-state index is -0.528. The zero-order valence-electron chi connectivity index (χ0n) is 17.4. The number of carbonyl (C=O) groups is 2. The van der Waals surface area contributed by atoms with E-state index in [-0.39, 0.29) is 29.9 Å². The predicted octanol–water partition coefficient (Wildman–Crippen LogP) is 5.40. The maximum Gasteiger partial charge on any atom is 0.344 e. The van der Waals surface area contributed by atoms with E-state index in [4.69, 9.17) is 49.0 Å². The van der Waals surface area contributed by atoms with E-state index in [9.17, 15) is 9.59 Å². The molecule has 0 spiro atoms. The molecule has 0 atom stereocenters. The van der Waals surface area contributed by atoms with Gasteiger partial charge in [-0.3, -0.25) is 4.79 Å². The summed E-state index contributed by atoms with van der Waals surface area (Å²) in [6.07, 6.45) is 1.63. The van der Waals surface area contributed by atoms with Crippen molar-refractivity contribution >= 4 is 64.2 Å². The predicted molar refractivity (Wildman–Crippen MR) is 125 cm³/mol. The Balaban J connectivity index is 1.90.